The van der Waals surface area contributed by atoms with Gasteiger partial charge in [-0.3, -0.25) is 9.69 Å². The molecule has 6 nitrogen and oxygen atoms in total. The molecule has 1 aliphatic rings. The first kappa shape index (κ1) is 17.2. The van der Waals surface area contributed by atoms with Gasteiger partial charge in [-0.1, -0.05) is 47.4 Å². The molecule has 0 aliphatic carbocycles. The number of nitrogens with zero attached hydrogens (tertiary/aromatic N) is 4. The van der Waals surface area contributed by atoms with E-state index in [0.717, 1.165) is 37.1 Å². The highest BCUT2D eigenvalue weighted by Gasteiger charge is 2.21. The lowest BCUT2D eigenvalue weighted by Crippen LogP contribution is -2.48. The van der Waals surface area contributed by atoms with Crippen molar-refractivity contribution in [2.75, 3.05) is 37.7 Å². The number of thioether (sulfide) groups is 1. The maximum atomic E-state index is 12.3. The van der Waals surface area contributed by atoms with Gasteiger partial charge in [0.05, 0.1) is 5.75 Å². The molecule has 0 radical (unpaired) electrons. The Bertz CT molecular complexity index is 697. The van der Waals surface area contributed by atoms with Crippen molar-refractivity contribution >= 4 is 34.1 Å². The van der Waals surface area contributed by atoms with E-state index in [4.69, 9.17) is 5.73 Å². The van der Waals surface area contributed by atoms with Gasteiger partial charge in [-0.25, -0.2) is 0 Å². The maximum Gasteiger partial charge on any atom is 0.233 e. The molecule has 1 aromatic heterocycles. The Kier molecular flexibility index (Phi) is 5.70. The number of nitrogens with two attached hydrogens (primary N) is 1. The fraction of sp³-hybridized carbons (Fsp3) is 0.438. The lowest BCUT2D eigenvalue weighted by atomic mass is 10.1. The quantitative estimate of drug-likeness (QED) is 0.818. The van der Waals surface area contributed by atoms with E-state index in [0.29, 0.717) is 10.9 Å². The van der Waals surface area contributed by atoms with E-state index >= 15 is 0 Å². The van der Waals surface area contributed by atoms with Crippen LogP contribution >= 0.6 is 23.1 Å². The number of carbonyl (C=O) groups excluding carboxylic acids is 1. The zero-order chi connectivity index (χ0) is 16.9. The van der Waals surface area contributed by atoms with Crippen LogP contribution in [0.25, 0.3) is 0 Å². The van der Waals surface area contributed by atoms with Gasteiger partial charge in [-0.05, 0) is 18.1 Å². The first-order chi connectivity index (χ1) is 11.6. The third-order valence-corrected chi connectivity index (χ3v) is 5.99. The summed E-state index contributed by atoms with van der Waals surface area (Å²) in [4.78, 5) is 16.7. The van der Waals surface area contributed by atoms with E-state index in [1.54, 1.807) is 0 Å². The number of nitrogen functional groups attached to an aromatic ring is 1. The molecule has 2 N–H and O–H groups in total. The fourth-order valence-corrected chi connectivity index (χ4v) is 4.22. The molecule has 0 unspecified atom stereocenters. The van der Waals surface area contributed by atoms with Gasteiger partial charge in [0.1, 0.15) is 0 Å². The number of hydrogen-bond acceptors (Lipinski definition) is 7. The van der Waals surface area contributed by atoms with Gasteiger partial charge in [-0.2, -0.15) is 0 Å². The zero-order valence-corrected chi connectivity index (χ0v) is 15.3. The third kappa shape index (κ3) is 4.46. The number of rotatable bonds is 5. The molecule has 2 aromatic rings. The average molecular weight is 364 g/mol. The van der Waals surface area contributed by atoms with Crippen LogP contribution < -0.4 is 5.73 Å². The second-order valence-corrected chi connectivity index (χ2v) is 8.01. The molecule has 1 amide bonds. The minimum atomic E-state index is 0.157. The summed E-state index contributed by atoms with van der Waals surface area (Å²) in [5.74, 6) is 0.552. The predicted molar refractivity (Wildman–Crippen MR) is 98.1 cm³/mol. The normalized spacial score (nSPS) is 15.6. The standard InChI is InChI=1S/C16H21N5OS2/c1-12-4-2-3-5-13(12)10-20-6-8-21(9-7-20)14(22)11-23-16-19-18-15(17)24-16/h2-5H,6-11H2,1H3,(H2,17,18). The summed E-state index contributed by atoms with van der Waals surface area (Å²) in [5, 5.41) is 8.12. The van der Waals surface area contributed by atoms with Crippen LogP contribution in [0, 0.1) is 6.92 Å². The summed E-state index contributed by atoms with van der Waals surface area (Å²) >= 11 is 2.73. The number of benzene rings is 1. The molecule has 8 heteroatoms. The van der Waals surface area contributed by atoms with Crippen LogP contribution in [0.3, 0.4) is 0 Å². The molecule has 1 fully saturated rings. The monoisotopic (exact) mass is 363 g/mol. The molecule has 0 bridgehead atoms. The van der Waals surface area contributed by atoms with Crippen LogP contribution in [0.4, 0.5) is 5.13 Å². The van der Waals surface area contributed by atoms with Gasteiger partial charge in [-0.15, -0.1) is 10.2 Å². The highest BCUT2D eigenvalue weighted by molar-refractivity contribution is 8.01. The molecule has 1 aromatic carbocycles. The molecule has 2 heterocycles. The number of piperazine rings is 1. The van der Waals surface area contributed by atoms with Crippen LogP contribution in [0.1, 0.15) is 11.1 Å². The number of aromatic nitrogens is 2. The minimum Gasteiger partial charge on any atom is -0.374 e. The molecule has 0 spiro atoms. The Labute approximate surface area is 150 Å². The first-order valence-corrected chi connectivity index (χ1v) is 9.68. The highest BCUT2D eigenvalue weighted by Crippen LogP contribution is 2.23. The van der Waals surface area contributed by atoms with Crippen LogP contribution in [0.15, 0.2) is 28.6 Å². The van der Waals surface area contributed by atoms with Crippen molar-refractivity contribution in [1.82, 2.24) is 20.0 Å². The van der Waals surface area contributed by atoms with E-state index in [-0.39, 0.29) is 5.91 Å². The lowest BCUT2D eigenvalue weighted by molar-refractivity contribution is -0.130. The number of aryl methyl sites for hydroxylation is 1. The van der Waals surface area contributed by atoms with Crippen molar-refractivity contribution in [3.63, 3.8) is 0 Å². The van der Waals surface area contributed by atoms with Gasteiger partial charge in [0.25, 0.3) is 0 Å². The molecule has 0 saturated carbocycles. The third-order valence-electron chi connectivity index (χ3n) is 4.12. The fourth-order valence-electron chi connectivity index (χ4n) is 2.68. The van der Waals surface area contributed by atoms with Crippen molar-refractivity contribution < 1.29 is 4.79 Å². The summed E-state index contributed by atoms with van der Waals surface area (Å²) in [6.45, 7) is 6.49. The van der Waals surface area contributed by atoms with E-state index in [9.17, 15) is 4.79 Å². The smallest absolute Gasteiger partial charge is 0.233 e. The average Bonchev–Trinajstić information content (AvgIpc) is 3.01. The number of amides is 1. The Morgan fingerprint density at radius 3 is 2.67 bits per heavy atom. The molecule has 24 heavy (non-hydrogen) atoms. The first-order valence-electron chi connectivity index (χ1n) is 7.88. The van der Waals surface area contributed by atoms with Gasteiger partial charge in [0.15, 0.2) is 4.34 Å². The Balaban J connectivity index is 1.44. The molecule has 128 valence electrons. The summed E-state index contributed by atoms with van der Waals surface area (Å²) in [6.07, 6.45) is 0. The summed E-state index contributed by atoms with van der Waals surface area (Å²) < 4.78 is 0.749. The Hall–Kier alpha value is -1.64. The van der Waals surface area contributed by atoms with Crippen LogP contribution in [0.2, 0.25) is 0 Å². The summed E-state index contributed by atoms with van der Waals surface area (Å²) in [5.41, 5.74) is 8.23. The molecular formula is C16H21N5OS2. The summed E-state index contributed by atoms with van der Waals surface area (Å²) in [7, 11) is 0. The number of anilines is 1. The molecule has 3 rings (SSSR count). The van der Waals surface area contributed by atoms with Gasteiger partial charge in [0.2, 0.25) is 11.0 Å². The van der Waals surface area contributed by atoms with Crippen molar-refractivity contribution in [1.29, 1.82) is 0 Å². The molecule has 1 saturated heterocycles. The van der Waals surface area contributed by atoms with Crippen molar-refractivity contribution in [3.8, 4) is 0 Å². The topological polar surface area (TPSA) is 75.3 Å². The minimum absolute atomic E-state index is 0.157. The Morgan fingerprint density at radius 2 is 2.00 bits per heavy atom. The molecule has 0 atom stereocenters. The van der Waals surface area contributed by atoms with Gasteiger partial charge >= 0.3 is 0 Å². The number of carbonyl (C=O) groups is 1. The second-order valence-electron chi connectivity index (χ2n) is 5.78. The van der Waals surface area contributed by atoms with Crippen molar-refractivity contribution in [3.05, 3.63) is 35.4 Å². The van der Waals surface area contributed by atoms with E-state index in [1.165, 1.54) is 34.2 Å². The largest absolute Gasteiger partial charge is 0.374 e. The predicted octanol–water partition coefficient (Wildman–Crippen LogP) is 1.87. The van der Waals surface area contributed by atoms with E-state index < -0.39 is 0 Å². The number of hydrogen-bond donors (Lipinski definition) is 1. The van der Waals surface area contributed by atoms with Gasteiger partial charge < -0.3 is 10.6 Å². The van der Waals surface area contributed by atoms with Gasteiger partial charge in [0, 0.05) is 32.7 Å². The van der Waals surface area contributed by atoms with Crippen LogP contribution in [-0.2, 0) is 11.3 Å². The van der Waals surface area contributed by atoms with Crippen molar-refractivity contribution in [2.45, 2.75) is 17.8 Å². The maximum absolute atomic E-state index is 12.3. The van der Waals surface area contributed by atoms with Crippen LogP contribution in [-0.4, -0.2) is 57.8 Å². The summed E-state index contributed by atoms with van der Waals surface area (Å²) in [6, 6.07) is 8.47. The Morgan fingerprint density at radius 1 is 1.25 bits per heavy atom. The van der Waals surface area contributed by atoms with E-state index in [1.807, 2.05) is 4.90 Å². The van der Waals surface area contributed by atoms with Crippen LogP contribution in [0.5, 0.6) is 0 Å². The zero-order valence-electron chi connectivity index (χ0n) is 13.6. The molecule has 1 aliphatic heterocycles. The molecular weight excluding hydrogens is 342 g/mol. The highest BCUT2D eigenvalue weighted by atomic mass is 32.2. The SMILES string of the molecule is Cc1ccccc1CN1CCN(C(=O)CSc2nnc(N)s2)CC1. The van der Waals surface area contributed by atoms with Crippen molar-refractivity contribution in [2.24, 2.45) is 0 Å². The van der Waals surface area contributed by atoms with E-state index in [2.05, 4.69) is 46.3 Å². The lowest BCUT2D eigenvalue weighted by Gasteiger charge is -2.35. The second kappa shape index (κ2) is 7.96.